The van der Waals surface area contributed by atoms with Crippen LogP contribution in [0.3, 0.4) is 0 Å². The molecule has 7 heteroatoms. The standard InChI is InChI=1S/C15H14N2O4S/c1-3-12-10-13(17(18)19)6-9-15(12)16-22(20,21)14-7-4-11(2)5-8-14/h3-10,16H,1H2,2H3. The van der Waals surface area contributed by atoms with Crippen molar-refractivity contribution < 1.29 is 13.3 Å². The van der Waals surface area contributed by atoms with Crippen LogP contribution in [0.5, 0.6) is 0 Å². The molecule has 2 rings (SSSR count). The molecule has 0 fully saturated rings. The number of aryl methyl sites for hydroxylation is 1. The number of hydrogen-bond donors (Lipinski definition) is 1. The maximum Gasteiger partial charge on any atom is 0.270 e. The van der Waals surface area contributed by atoms with Gasteiger partial charge >= 0.3 is 0 Å². The Morgan fingerprint density at radius 2 is 1.82 bits per heavy atom. The number of nitro benzene ring substituents is 1. The van der Waals surface area contributed by atoms with Gasteiger partial charge in [-0.1, -0.05) is 30.4 Å². The summed E-state index contributed by atoms with van der Waals surface area (Å²) < 4.78 is 27.1. The molecule has 0 aromatic heterocycles. The van der Waals surface area contributed by atoms with Crippen molar-refractivity contribution in [3.8, 4) is 0 Å². The number of sulfonamides is 1. The topological polar surface area (TPSA) is 89.3 Å². The number of nitrogens with zero attached hydrogens (tertiary/aromatic N) is 1. The number of nitrogens with one attached hydrogen (secondary N) is 1. The smallest absolute Gasteiger partial charge is 0.270 e. The molecular weight excluding hydrogens is 304 g/mol. The number of hydrogen-bond acceptors (Lipinski definition) is 4. The van der Waals surface area contributed by atoms with Gasteiger partial charge < -0.3 is 0 Å². The van der Waals surface area contributed by atoms with Gasteiger partial charge in [0.1, 0.15) is 0 Å². The highest BCUT2D eigenvalue weighted by atomic mass is 32.2. The molecule has 0 aliphatic carbocycles. The Labute approximate surface area is 128 Å². The maximum absolute atomic E-state index is 12.3. The van der Waals surface area contributed by atoms with Crippen LogP contribution in [0.25, 0.3) is 6.08 Å². The van der Waals surface area contributed by atoms with Crippen molar-refractivity contribution in [3.63, 3.8) is 0 Å². The van der Waals surface area contributed by atoms with Crippen molar-refractivity contribution in [2.24, 2.45) is 0 Å². The minimum Gasteiger partial charge on any atom is -0.279 e. The van der Waals surface area contributed by atoms with Crippen LogP contribution in [-0.4, -0.2) is 13.3 Å². The number of rotatable bonds is 5. The Balaban J connectivity index is 2.39. The summed E-state index contributed by atoms with van der Waals surface area (Å²) in [6.07, 6.45) is 1.36. The first-order valence-electron chi connectivity index (χ1n) is 6.34. The first-order valence-corrected chi connectivity index (χ1v) is 7.82. The molecule has 0 unspecified atom stereocenters. The van der Waals surface area contributed by atoms with Gasteiger partial charge in [-0.2, -0.15) is 0 Å². The molecule has 114 valence electrons. The van der Waals surface area contributed by atoms with Crippen LogP contribution in [0, 0.1) is 17.0 Å². The fraction of sp³-hybridized carbons (Fsp3) is 0.0667. The van der Waals surface area contributed by atoms with Gasteiger partial charge in [0.25, 0.3) is 15.7 Å². The second-order valence-corrected chi connectivity index (χ2v) is 6.33. The van der Waals surface area contributed by atoms with E-state index in [1.165, 1.54) is 36.4 Å². The highest BCUT2D eigenvalue weighted by molar-refractivity contribution is 7.92. The molecule has 0 radical (unpaired) electrons. The van der Waals surface area contributed by atoms with Gasteiger partial charge in [0.15, 0.2) is 0 Å². The van der Waals surface area contributed by atoms with E-state index in [-0.39, 0.29) is 16.3 Å². The Kier molecular flexibility index (Phi) is 4.27. The fourth-order valence-electron chi connectivity index (χ4n) is 1.85. The third-order valence-corrected chi connectivity index (χ3v) is 4.42. The summed E-state index contributed by atoms with van der Waals surface area (Å²) >= 11 is 0. The van der Waals surface area contributed by atoms with Gasteiger partial charge in [0.2, 0.25) is 0 Å². The Bertz CT molecular complexity index is 827. The average Bonchev–Trinajstić information content (AvgIpc) is 2.47. The van der Waals surface area contributed by atoms with E-state index in [0.29, 0.717) is 5.56 Å². The highest BCUT2D eigenvalue weighted by Crippen LogP contribution is 2.25. The van der Waals surface area contributed by atoms with Crippen molar-refractivity contribution in [2.75, 3.05) is 4.72 Å². The molecule has 0 saturated heterocycles. The van der Waals surface area contributed by atoms with Crippen LogP contribution in [0.15, 0.2) is 53.9 Å². The van der Waals surface area contributed by atoms with E-state index in [0.717, 1.165) is 5.56 Å². The average molecular weight is 318 g/mol. The zero-order valence-corrected chi connectivity index (χ0v) is 12.6. The Hall–Kier alpha value is -2.67. The van der Waals surface area contributed by atoms with Crippen LogP contribution < -0.4 is 4.72 Å². The molecule has 0 bridgehead atoms. The normalized spacial score (nSPS) is 11.0. The molecule has 0 saturated carbocycles. The fourth-order valence-corrected chi connectivity index (χ4v) is 2.93. The third-order valence-electron chi connectivity index (χ3n) is 3.04. The Morgan fingerprint density at radius 3 is 2.36 bits per heavy atom. The minimum absolute atomic E-state index is 0.117. The van der Waals surface area contributed by atoms with Crippen LogP contribution in [-0.2, 0) is 10.0 Å². The summed E-state index contributed by atoms with van der Waals surface area (Å²) in [5.41, 5.74) is 1.39. The molecule has 0 spiro atoms. The van der Waals surface area contributed by atoms with Crippen molar-refractivity contribution in [1.82, 2.24) is 0 Å². The molecule has 1 N–H and O–H groups in total. The SMILES string of the molecule is C=Cc1cc([N+](=O)[O-])ccc1NS(=O)(=O)c1ccc(C)cc1. The predicted octanol–water partition coefficient (Wildman–Crippen LogP) is 3.35. The van der Waals surface area contributed by atoms with Crippen LogP contribution in [0.4, 0.5) is 11.4 Å². The van der Waals surface area contributed by atoms with E-state index in [4.69, 9.17) is 0 Å². The number of benzene rings is 2. The lowest BCUT2D eigenvalue weighted by atomic mass is 10.1. The molecule has 0 heterocycles. The second kappa shape index (κ2) is 5.98. The third kappa shape index (κ3) is 3.32. The molecule has 0 amide bonds. The molecule has 0 aliphatic rings. The predicted molar refractivity (Wildman–Crippen MR) is 85.2 cm³/mol. The monoisotopic (exact) mass is 318 g/mol. The lowest BCUT2D eigenvalue weighted by molar-refractivity contribution is -0.384. The zero-order chi connectivity index (χ0) is 16.3. The second-order valence-electron chi connectivity index (χ2n) is 4.65. The van der Waals surface area contributed by atoms with Crippen molar-refractivity contribution in [3.05, 3.63) is 70.3 Å². The first kappa shape index (κ1) is 15.7. The van der Waals surface area contributed by atoms with Gasteiger partial charge in [-0.3, -0.25) is 14.8 Å². The van der Waals surface area contributed by atoms with Gasteiger partial charge in [-0.15, -0.1) is 0 Å². The molecule has 6 nitrogen and oxygen atoms in total. The van der Waals surface area contributed by atoms with Gasteiger partial charge in [-0.05, 0) is 25.1 Å². The van der Waals surface area contributed by atoms with E-state index >= 15 is 0 Å². The molecule has 22 heavy (non-hydrogen) atoms. The van der Waals surface area contributed by atoms with Gasteiger partial charge in [0.05, 0.1) is 15.5 Å². The van der Waals surface area contributed by atoms with Crippen molar-refractivity contribution in [2.45, 2.75) is 11.8 Å². The molecular formula is C15H14N2O4S. The van der Waals surface area contributed by atoms with Crippen molar-refractivity contribution in [1.29, 1.82) is 0 Å². The van der Waals surface area contributed by atoms with Gasteiger partial charge in [-0.25, -0.2) is 8.42 Å². The summed E-state index contributed by atoms with van der Waals surface area (Å²) in [5, 5.41) is 10.8. The van der Waals surface area contributed by atoms with E-state index in [1.54, 1.807) is 12.1 Å². The summed E-state index contributed by atoms with van der Waals surface area (Å²) in [6, 6.07) is 10.2. The minimum atomic E-state index is -3.76. The Morgan fingerprint density at radius 1 is 1.18 bits per heavy atom. The van der Waals surface area contributed by atoms with E-state index < -0.39 is 14.9 Å². The quantitative estimate of drug-likeness (QED) is 0.676. The summed E-state index contributed by atoms with van der Waals surface area (Å²) in [6.45, 7) is 5.41. The van der Waals surface area contributed by atoms with E-state index in [9.17, 15) is 18.5 Å². The van der Waals surface area contributed by atoms with E-state index in [2.05, 4.69) is 11.3 Å². The maximum atomic E-state index is 12.3. The summed E-state index contributed by atoms with van der Waals surface area (Å²) in [5.74, 6) is 0. The number of anilines is 1. The van der Waals surface area contributed by atoms with Crippen molar-refractivity contribution >= 4 is 27.5 Å². The van der Waals surface area contributed by atoms with E-state index in [1.807, 2.05) is 6.92 Å². The van der Waals surface area contributed by atoms with Crippen LogP contribution >= 0.6 is 0 Å². The zero-order valence-electron chi connectivity index (χ0n) is 11.8. The van der Waals surface area contributed by atoms with Crippen LogP contribution in [0.1, 0.15) is 11.1 Å². The molecule has 0 aliphatic heterocycles. The molecule has 0 atom stereocenters. The van der Waals surface area contributed by atoms with Gasteiger partial charge in [0, 0.05) is 17.7 Å². The number of non-ortho nitro benzene ring substituents is 1. The first-order chi connectivity index (χ1) is 10.3. The van der Waals surface area contributed by atoms with Crippen LogP contribution in [0.2, 0.25) is 0 Å². The molecule has 2 aromatic carbocycles. The summed E-state index contributed by atoms with van der Waals surface area (Å²) in [7, 11) is -3.76. The lowest BCUT2D eigenvalue weighted by Crippen LogP contribution is -2.13. The molecule has 2 aromatic rings. The summed E-state index contributed by atoms with van der Waals surface area (Å²) in [4.78, 5) is 10.3. The lowest BCUT2D eigenvalue weighted by Gasteiger charge is -2.11. The number of nitro groups is 1. The largest absolute Gasteiger partial charge is 0.279 e. The highest BCUT2D eigenvalue weighted by Gasteiger charge is 2.17.